The van der Waals surface area contributed by atoms with Gasteiger partial charge in [-0.3, -0.25) is 9.59 Å². The summed E-state index contributed by atoms with van der Waals surface area (Å²) in [6.07, 6.45) is 6.83. The highest BCUT2D eigenvalue weighted by molar-refractivity contribution is 5.80. The average Bonchev–Trinajstić information content (AvgIpc) is 2.38. The van der Waals surface area contributed by atoms with E-state index in [0.717, 1.165) is 51.5 Å². The molecule has 0 aliphatic carbocycles. The Bertz CT molecular complexity index is 298. The van der Waals surface area contributed by atoms with Gasteiger partial charge in [0.2, 0.25) is 5.91 Å². The van der Waals surface area contributed by atoms with E-state index >= 15 is 0 Å². The molecule has 1 N–H and O–H groups in total. The van der Waals surface area contributed by atoms with Crippen LogP contribution in [0.5, 0.6) is 0 Å². The fourth-order valence-electron chi connectivity index (χ4n) is 3.03. The quantitative estimate of drug-likeness (QED) is 0.772. The lowest BCUT2D eigenvalue weighted by Gasteiger charge is -2.37. The third-order valence-corrected chi connectivity index (χ3v) is 3.94. The number of aliphatic carboxylic acids is 1. The van der Waals surface area contributed by atoms with Crippen LogP contribution in [0, 0.1) is 5.92 Å². The van der Waals surface area contributed by atoms with Crippen molar-refractivity contribution in [2.24, 2.45) is 5.92 Å². The van der Waals surface area contributed by atoms with Crippen molar-refractivity contribution in [1.29, 1.82) is 0 Å². The first kappa shape index (κ1) is 16.0. The maximum atomic E-state index is 12.6. The van der Waals surface area contributed by atoms with Gasteiger partial charge >= 0.3 is 5.97 Å². The van der Waals surface area contributed by atoms with Gasteiger partial charge in [-0.25, -0.2) is 0 Å². The molecule has 4 nitrogen and oxygen atoms in total. The molecule has 1 amide bonds. The second kappa shape index (κ2) is 8.18. The zero-order valence-electron chi connectivity index (χ0n) is 12.2. The fourth-order valence-corrected chi connectivity index (χ4v) is 3.03. The molecule has 0 bridgehead atoms. The number of hydrogen-bond donors (Lipinski definition) is 1. The number of carboxylic acids is 1. The molecule has 0 spiro atoms. The smallest absolute Gasteiger partial charge is 0.305 e. The van der Waals surface area contributed by atoms with E-state index in [2.05, 4.69) is 13.8 Å². The SMILES string of the molecule is CCCC(CCC)C(=O)N1CCCCC1CC(=O)O. The van der Waals surface area contributed by atoms with Gasteiger partial charge in [-0.05, 0) is 32.1 Å². The Morgan fingerprint density at radius 1 is 1.21 bits per heavy atom. The third kappa shape index (κ3) is 4.84. The lowest BCUT2D eigenvalue weighted by atomic mass is 9.92. The molecule has 0 radical (unpaired) electrons. The van der Waals surface area contributed by atoms with Crippen LogP contribution in [0.25, 0.3) is 0 Å². The number of piperidine rings is 1. The highest BCUT2D eigenvalue weighted by atomic mass is 16.4. The van der Waals surface area contributed by atoms with E-state index in [0.29, 0.717) is 0 Å². The lowest BCUT2D eigenvalue weighted by Crippen LogP contribution is -2.47. The van der Waals surface area contributed by atoms with Crippen LogP contribution in [0.4, 0.5) is 0 Å². The Morgan fingerprint density at radius 2 is 1.84 bits per heavy atom. The predicted molar refractivity (Wildman–Crippen MR) is 74.9 cm³/mol. The molecule has 1 fully saturated rings. The molecule has 0 saturated carbocycles. The number of carbonyl (C=O) groups is 2. The van der Waals surface area contributed by atoms with Crippen LogP contribution in [0.3, 0.4) is 0 Å². The second-order valence-corrected chi connectivity index (χ2v) is 5.55. The van der Waals surface area contributed by atoms with E-state index in [1.165, 1.54) is 0 Å². The zero-order chi connectivity index (χ0) is 14.3. The summed E-state index contributed by atoms with van der Waals surface area (Å²) in [6.45, 7) is 4.93. The van der Waals surface area contributed by atoms with Crippen molar-refractivity contribution in [2.75, 3.05) is 6.54 Å². The van der Waals surface area contributed by atoms with Gasteiger partial charge in [-0.1, -0.05) is 26.7 Å². The highest BCUT2D eigenvalue weighted by Crippen LogP contribution is 2.25. The summed E-state index contributed by atoms with van der Waals surface area (Å²) in [7, 11) is 0. The average molecular weight is 269 g/mol. The van der Waals surface area contributed by atoms with Gasteiger partial charge in [0.05, 0.1) is 6.42 Å². The van der Waals surface area contributed by atoms with Gasteiger partial charge in [0.1, 0.15) is 0 Å². The number of carbonyl (C=O) groups excluding carboxylic acids is 1. The van der Waals surface area contributed by atoms with Crippen molar-refractivity contribution in [3.8, 4) is 0 Å². The van der Waals surface area contributed by atoms with Crippen molar-refractivity contribution < 1.29 is 14.7 Å². The summed E-state index contributed by atoms with van der Waals surface area (Å²) in [4.78, 5) is 25.4. The van der Waals surface area contributed by atoms with Gasteiger partial charge in [0.15, 0.2) is 0 Å². The van der Waals surface area contributed by atoms with Crippen LogP contribution >= 0.6 is 0 Å². The molecule has 0 aromatic carbocycles. The molecular weight excluding hydrogens is 242 g/mol. The molecule has 1 aliphatic heterocycles. The Balaban J connectivity index is 2.70. The van der Waals surface area contributed by atoms with E-state index in [1.807, 2.05) is 4.90 Å². The first-order chi connectivity index (χ1) is 9.10. The molecule has 0 aromatic heterocycles. The van der Waals surface area contributed by atoms with Crippen LogP contribution in [-0.2, 0) is 9.59 Å². The minimum Gasteiger partial charge on any atom is -0.481 e. The maximum Gasteiger partial charge on any atom is 0.305 e. The van der Waals surface area contributed by atoms with Crippen LogP contribution in [0.2, 0.25) is 0 Å². The van der Waals surface area contributed by atoms with Gasteiger partial charge < -0.3 is 10.0 Å². The maximum absolute atomic E-state index is 12.6. The number of amides is 1. The fraction of sp³-hybridized carbons (Fsp3) is 0.867. The summed E-state index contributed by atoms with van der Waals surface area (Å²) in [5.41, 5.74) is 0. The van der Waals surface area contributed by atoms with Crippen LogP contribution < -0.4 is 0 Å². The minimum absolute atomic E-state index is 0.0874. The summed E-state index contributed by atoms with van der Waals surface area (Å²) in [6, 6.07) is -0.0880. The van der Waals surface area contributed by atoms with Crippen molar-refractivity contribution in [3.63, 3.8) is 0 Å². The van der Waals surface area contributed by atoms with Gasteiger partial charge in [0.25, 0.3) is 0 Å². The molecule has 0 aromatic rings. The molecule has 1 unspecified atom stereocenters. The van der Waals surface area contributed by atoms with Crippen LogP contribution in [0.1, 0.15) is 65.2 Å². The first-order valence-corrected chi connectivity index (χ1v) is 7.62. The number of likely N-dealkylation sites (tertiary alicyclic amines) is 1. The van der Waals surface area contributed by atoms with Gasteiger partial charge in [0, 0.05) is 18.5 Å². The Morgan fingerprint density at radius 3 is 2.37 bits per heavy atom. The number of carboxylic acid groups (broad SMARTS) is 1. The van der Waals surface area contributed by atoms with E-state index in [-0.39, 0.29) is 24.3 Å². The van der Waals surface area contributed by atoms with E-state index in [4.69, 9.17) is 5.11 Å². The van der Waals surface area contributed by atoms with E-state index in [9.17, 15) is 9.59 Å². The summed E-state index contributed by atoms with van der Waals surface area (Å²) >= 11 is 0. The minimum atomic E-state index is -0.799. The second-order valence-electron chi connectivity index (χ2n) is 5.55. The molecule has 1 saturated heterocycles. The van der Waals surface area contributed by atoms with Crippen LogP contribution in [-0.4, -0.2) is 34.5 Å². The molecule has 19 heavy (non-hydrogen) atoms. The van der Waals surface area contributed by atoms with E-state index < -0.39 is 5.97 Å². The Hall–Kier alpha value is -1.06. The standard InChI is InChI=1S/C15H27NO3/c1-3-7-12(8-4-2)15(19)16-10-6-5-9-13(16)11-14(17)18/h12-13H,3-11H2,1-2H3,(H,17,18). The van der Waals surface area contributed by atoms with Crippen LogP contribution in [0.15, 0.2) is 0 Å². The molecular formula is C15H27NO3. The topological polar surface area (TPSA) is 57.6 Å². The molecule has 1 atom stereocenters. The first-order valence-electron chi connectivity index (χ1n) is 7.62. The monoisotopic (exact) mass is 269 g/mol. The lowest BCUT2D eigenvalue weighted by molar-refractivity contribution is -0.144. The van der Waals surface area contributed by atoms with Crippen molar-refractivity contribution in [2.45, 2.75) is 71.3 Å². The Labute approximate surface area is 116 Å². The summed E-state index contributed by atoms with van der Waals surface area (Å²) < 4.78 is 0. The molecule has 1 aliphatic rings. The number of rotatable bonds is 7. The van der Waals surface area contributed by atoms with Crippen molar-refractivity contribution >= 4 is 11.9 Å². The normalized spacial score (nSPS) is 19.7. The largest absolute Gasteiger partial charge is 0.481 e. The van der Waals surface area contributed by atoms with Crippen molar-refractivity contribution in [1.82, 2.24) is 4.90 Å². The summed E-state index contributed by atoms with van der Waals surface area (Å²) in [5.74, 6) is -0.522. The number of hydrogen-bond acceptors (Lipinski definition) is 2. The molecule has 1 heterocycles. The predicted octanol–water partition coefficient (Wildman–Crippen LogP) is 3.06. The van der Waals surface area contributed by atoms with Gasteiger partial charge in [-0.2, -0.15) is 0 Å². The van der Waals surface area contributed by atoms with Gasteiger partial charge in [-0.15, -0.1) is 0 Å². The Kier molecular flexibility index (Phi) is 6.89. The van der Waals surface area contributed by atoms with Crippen molar-refractivity contribution in [3.05, 3.63) is 0 Å². The molecule has 1 rings (SSSR count). The zero-order valence-corrected chi connectivity index (χ0v) is 12.2. The molecule has 110 valence electrons. The third-order valence-electron chi connectivity index (χ3n) is 3.94. The summed E-state index contributed by atoms with van der Waals surface area (Å²) in [5, 5.41) is 8.97. The van der Waals surface area contributed by atoms with E-state index in [1.54, 1.807) is 0 Å². The number of nitrogens with zero attached hydrogens (tertiary/aromatic N) is 1. The molecule has 4 heteroatoms. The highest BCUT2D eigenvalue weighted by Gasteiger charge is 2.31.